The first-order valence-corrected chi connectivity index (χ1v) is 6.97. The summed E-state index contributed by atoms with van der Waals surface area (Å²) in [5, 5.41) is 0. The standard InChI is InChI=1S/C15H22F2N2O/c1-11(2)9-20-14-7-12(3-4-13(14)18)8-19-6-5-15(16,17)10-19/h3-4,7,11H,5-6,8-10,18H2,1-2H3. The van der Waals surface area contributed by atoms with Gasteiger partial charge in [0.25, 0.3) is 5.92 Å². The average Bonchev–Trinajstić information content (AvgIpc) is 2.69. The number of nitrogen functional groups attached to an aromatic ring is 1. The zero-order valence-electron chi connectivity index (χ0n) is 12.0. The third-order valence-electron chi connectivity index (χ3n) is 3.31. The zero-order chi connectivity index (χ0) is 14.8. The number of alkyl halides is 2. The van der Waals surface area contributed by atoms with Gasteiger partial charge in [-0.2, -0.15) is 0 Å². The van der Waals surface area contributed by atoms with E-state index in [0.29, 0.717) is 37.1 Å². The van der Waals surface area contributed by atoms with Gasteiger partial charge in [-0.25, -0.2) is 8.78 Å². The molecule has 5 heteroatoms. The Morgan fingerprint density at radius 3 is 2.75 bits per heavy atom. The molecule has 1 aromatic carbocycles. The van der Waals surface area contributed by atoms with Gasteiger partial charge in [0.05, 0.1) is 18.8 Å². The first-order chi connectivity index (χ1) is 9.35. The van der Waals surface area contributed by atoms with Crippen molar-refractivity contribution in [3.8, 4) is 5.75 Å². The van der Waals surface area contributed by atoms with E-state index in [-0.39, 0.29) is 13.0 Å². The Balaban J connectivity index is 2.00. The number of ether oxygens (including phenoxy) is 1. The maximum absolute atomic E-state index is 13.2. The molecule has 2 rings (SSSR count). The van der Waals surface area contributed by atoms with Gasteiger partial charge in [0, 0.05) is 19.5 Å². The summed E-state index contributed by atoms with van der Waals surface area (Å²) in [7, 11) is 0. The minimum absolute atomic E-state index is 0.0569. The summed E-state index contributed by atoms with van der Waals surface area (Å²) in [4.78, 5) is 1.76. The lowest BCUT2D eigenvalue weighted by atomic mass is 10.1. The molecule has 112 valence electrons. The van der Waals surface area contributed by atoms with E-state index in [4.69, 9.17) is 10.5 Å². The molecule has 1 saturated heterocycles. The fraction of sp³-hybridized carbons (Fsp3) is 0.600. The smallest absolute Gasteiger partial charge is 0.261 e. The Morgan fingerprint density at radius 1 is 1.40 bits per heavy atom. The van der Waals surface area contributed by atoms with Crippen molar-refractivity contribution >= 4 is 5.69 Å². The van der Waals surface area contributed by atoms with Crippen LogP contribution < -0.4 is 10.5 Å². The minimum Gasteiger partial charge on any atom is -0.491 e. The molecule has 1 aliphatic heterocycles. The van der Waals surface area contributed by atoms with E-state index >= 15 is 0 Å². The lowest BCUT2D eigenvalue weighted by Gasteiger charge is -2.17. The predicted molar refractivity (Wildman–Crippen MR) is 76.0 cm³/mol. The molecule has 20 heavy (non-hydrogen) atoms. The van der Waals surface area contributed by atoms with E-state index in [2.05, 4.69) is 13.8 Å². The fourth-order valence-corrected chi connectivity index (χ4v) is 2.26. The Morgan fingerprint density at radius 2 is 2.15 bits per heavy atom. The van der Waals surface area contributed by atoms with Crippen LogP contribution in [0.1, 0.15) is 25.8 Å². The van der Waals surface area contributed by atoms with E-state index in [1.807, 2.05) is 12.1 Å². The quantitative estimate of drug-likeness (QED) is 0.844. The van der Waals surface area contributed by atoms with Crippen LogP contribution in [0.3, 0.4) is 0 Å². The average molecular weight is 284 g/mol. The number of hydrogen-bond donors (Lipinski definition) is 1. The molecule has 0 aliphatic carbocycles. The Bertz CT molecular complexity index is 463. The van der Waals surface area contributed by atoms with E-state index in [0.717, 1.165) is 5.56 Å². The van der Waals surface area contributed by atoms with Gasteiger partial charge in [0.2, 0.25) is 0 Å². The predicted octanol–water partition coefficient (Wildman–Crippen LogP) is 3.14. The van der Waals surface area contributed by atoms with Gasteiger partial charge >= 0.3 is 0 Å². The van der Waals surface area contributed by atoms with Crippen LogP contribution in [0.4, 0.5) is 14.5 Å². The molecule has 0 unspecified atom stereocenters. The van der Waals surface area contributed by atoms with Crippen molar-refractivity contribution in [2.45, 2.75) is 32.7 Å². The number of rotatable bonds is 5. The molecule has 0 amide bonds. The largest absolute Gasteiger partial charge is 0.491 e. The molecule has 2 N–H and O–H groups in total. The fourth-order valence-electron chi connectivity index (χ4n) is 2.26. The molecule has 1 aliphatic rings. The first kappa shape index (κ1) is 15.0. The summed E-state index contributed by atoms with van der Waals surface area (Å²) >= 11 is 0. The van der Waals surface area contributed by atoms with Crippen molar-refractivity contribution in [1.82, 2.24) is 4.90 Å². The van der Waals surface area contributed by atoms with Crippen molar-refractivity contribution in [3.63, 3.8) is 0 Å². The van der Waals surface area contributed by atoms with Crippen LogP contribution in [0.2, 0.25) is 0 Å². The Kier molecular flexibility index (Phi) is 4.48. The maximum Gasteiger partial charge on any atom is 0.261 e. The molecule has 1 fully saturated rings. The Hall–Kier alpha value is -1.36. The molecular formula is C15H22F2N2O. The number of halogens is 2. The summed E-state index contributed by atoms with van der Waals surface area (Å²) < 4.78 is 32.0. The highest BCUT2D eigenvalue weighted by Crippen LogP contribution is 2.29. The summed E-state index contributed by atoms with van der Waals surface area (Å²) in [6.07, 6.45) is -0.0569. The second-order valence-electron chi connectivity index (χ2n) is 5.89. The topological polar surface area (TPSA) is 38.5 Å². The summed E-state index contributed by atoms with van der Waals surface area (Å²) in [6, 6.07) is 5.50. The highest BCUT2D eigenvalue weighted by atomic mass is 19.3. The van der Waals surface area contributed by atoms with E-state index in [1.54, 1.807) is 11.0 Å². The second kappa shape index (κ2) is 5.95. The first-order valence-electron chi connectivity index (χ1n) is 6.97. The molecule has 3 nitrogen and oxygen atoms in total. The number of anilines is 1. The van der Waals surface area contributed by atoms with E-state index in [1.165, 1.54) is 0 Å². The van der Waals surface area contributed by atoms with E-state index < -0.39 is 5.92 Å². The summed E-state index contributed by atoms with van der Waals surface area (Å²) in [5.41, 5.74) is 7.41. The van der Waals surface area contributed by atoms with Crippen molar-refractivity contribution in [1.29, 1.82) is 0 Å². The monoisotopic (exact) mass is 284 g/mol. The van der Waals surface area contributed by atoms with Gasteiger partial charge in [-0.3, -0.25) is 4.90 Å². The number of nitrogens with two attached hydrogens (primary N) is 1. The van der Waals surface area contributed by atoms with Gasteiger partial charge in [0.1, 0.15) is 5.75 Å². The van der Waals surface area contributed by atoms with Gasteiger partial charge < -0.3 is 10.5 Å². The van der Waals surface area contributed by atoms with Crippen LogP contribution >= 0.6 is 0 Å². The number of benzene rings is 1. The SMILES string of the molecule is CC(C)COc1cc(CN2CCC(F)(F)C2)ccc1N. The molecule has 1 aromatic rings. The molecular weight excluding hydrogens is 262 g/mol. The normalized spacial score (nSPS) is 18.6. The van der Waals surface area contributed by atoms with Gasteiger partial charge in [-0.15, -0.1) is 0 Å². The van der Waals surface area contributed by atoms with Crippen LogP contribution in [0.5, 0.6) is 5.75 Å². The van der Waals surface area contributed by atoms with Crippen molar-refractivity contribution < 1.29 is 13.5 Å². The molecule has 0 bridgehead atoms. The van der Waals surface area contributed by atoms with Crippen LogP contribution in [0.15, 0.2) is 18.2 Å². The van der Waals surface area contributed by atoms with Crippen molar-refractivity contribution in [3.05, 3.63) is 23.8 Å². The third kappa shape index (κ3) is 4.07. The van der Waals surface area contributed by atoms with E-state index in [9.17, 15) is 8.78 Å². The van der Waals surface area contributed by atoms with Crippen molar-refractivity contribution in [2.24, 2.45) is 5.92 Å². The lowest BCUT2D eigenvalue weighted by molar-refractivity contribution is 0.0115. The lowest BCUT2D eigenvalue weighted by Crippen LogP contribution is -2.24. The molecule has 0 aromatic heterocycles. The van der Waals surface area contributed by atoms with Gasteiger partial charge in [-0.05, 0) is 23.6 Å². The maximum atomic E-state index is 13.2. The second-order valence-corrected chi connectivity index (χ2v) is 5.89. The molecule has 1 heterocycles. The minimum atomic E-state index is -2.55. The van der Waals surface area contributed by atoms with Crippen LogP contribution in [0.25, 0.3) is 0 Å². The third-order valence-corrected chi connectivity index (χ3v) is 3.31. The molecule has 0 radical (unpaired) electrons. The number of likely N-dealkylation sites (tertiary alicyclic amines) is 1. The molecule has 0 spiro atoms. The zero-order valence-corrected chi connectivity index (χ0v) is 12.0. The number of hydrogen-bond acceptors (Lipinski definition) is 3. The molecule has 0 atom stereocenters. The highest BCUT2D eigenvalue weighted by molar-refractivity contribution is 5.54. The Labute approximate surface area is 118 Å². The van der Waals surface area contributed by atoms with Crippen LogP contribution in [0, 0.1) is 5.92 Å². The molecule has 0 saturated carbocycles. The van der Waals surface area contributed by atoms with Crippen molar-refractivity contribution in [2.75, 3.05) is 25.4 Å². The van der Waals surface area contributed by atoms with Crippen LogP contribution in [-0.4, -0.2) is 30.5 Å². The van der Waals surface area contributed by atoms with Gasteiger partial charge in [-0.1, -0.05) is 19.9 Å². The van der Waals surface area contributed by atoms with Crippen LogP contribution in [-0.2, 0) is 6.54 Å². The number of nitrogens with zero attached hydrogens (tertiary/aromatic N) is 1. The van der Waals surface area contributed by atoms with Gasteiger partial charge in [0.15, 0.2) is 0 Å². The summed E-state index contributed by atoms with van der Waals surface area (Å²) in [5.74, 6) is -1.50. The highest BCUT2D eigenvalue weighted by Gasteiger charge is 2.37. The summed E-state index contributed by atoms with van der Waals surface area (Å²) in [6.45, 7) is 5.49.